The van der Waals surface area contributed by atoms with Crippen molar-refractivity contribution < 1.29 is 4.74 Å². The smallest absolute Gasteiger partial charge is 0.129 e. The molecule has 1 heterocycles. The molecule has 3 heteroatoms. The number of rotatable bonds is 4. The molecule has 0 bridgehead atoms. The molecule has 0 radical (unpaired) electrons. The monoisotopic (exact) mass is 278 g/mol. The number of pyridine rings is 1. The molecule has 3 rings (SSSR count). The van der Waals surface area contributed by atoms with E-state index in [9.17, 15) is 0 Å². The van der Waals surface area contributed by atoms with Crippen molar-refractivity contribution in [2.75, 3.05) is 0 Å². The summed E-state index contributed by atoms with van der Waals surface area (Å²) in [5.74, 6) is 1.59. The topological polar surface area (TPSA) is 48.1 Å². The number of hydrogen-bond donors (Lipinski definition) is 1. The van der Waals surface area contributed by atoms with Crippen LogP contribution in [-0.4, -0.2) is 4.98 Å². The van der Waals surface area contributed by atoms with E-state index in [1.165, 1.54) is 0 Å². The minimum atomic E-state index is 0.0870. The van der Waals surface area contributed by atoms with E-state index in [0.29, 0.717) is 0 Å². The third-order valence-electron chi connectivity index (χ3n) is 3.56. The average molecular weight is 278 g/mol. The van der Waals surface area contributed by atoms with Gasteiger partial charge in [0.15, 0.2) is 0 Å². The van der Waals surface area contributed by atoms with E-state index >= 15 is 0 Å². The van der Waals surface area contributed by atoms with Crippen molar-refractivity contribution in [1.29, 1.82) is 0 Å². The van der Waals surface area contributed by atoms with Crippen molar-refractivity contribution in [2.24, 2.45) is 5.73 Å². The highest BCUT2D eigenvalue weighted by Gasteiger charge is 2.04. The summed E-state index contributed by atoms with van der Waals surface area (Å²) >= 11 is 0. The van der Waals surface area contributed by atoms with E-state index in [1.54, 1.807) is 6.20 Å². The molecule has 0 unspecified atom stereocenters. The summed E-state index contributed by atoms with van der Waals surface area (Å²) in [5, 5.41) is 1.11. The van der Waals surface area contributed by atoms with Crippen LogP contribution in [0.3, 0.4) is 0 Å². The minimum Gasteiger partial charge on any atom is -0.457 e. The van der Waals surface area contributed by atoms with Gasteiger partial charge in [0.1, 0.15) is 11.5 Å². The fourth-order valence-electron chi connectivity index (χ4n) is 2.26. The predicted molar refractivity (Wildman–Crippen MR) is 85.5 cm³/mol. The SMILES string of the molecule is CC[C@H](N)c1ccc(Oc2ccc3cccnc3c2)cc1. The Balaban J connectivity index is 1.81. The molecule has 1 atom stereocenters. The second-order valence-corrected chi connectivity index (χ2v) is 5.04. The maximum Gasteiger partial charge on any atom is 0.129 e. The van der Waals surface area contributed by atoms with Gasteiger partial charge in [-0.25, -0.2) is 0 Å². The van der Waals surface area contributed by atoms with E-state index < -0.39 is 0 Å². The Morgan fingerprint density at radius 2 is 1.81 bits per heavy atom. The van der Waals surface area contributed by atoms with Crippen LogP contribution in [0, 0.1) is 0 Å². The quantitative estimate of drug-likeness (QED) is 0.767. The van der Waals surface area contributed by atoms with Gasteiger partial charge in [-0.3, -0.25) is 4.98 Å². The van der Waals surface area contributed by atoms with E-state index in [0.717, 1.165) is 34.4 Å². The van der Waals surface area contributed by atoms with Gasteiger partial charge >= 0.3 is 0 Å². The van der Waals surface area contributed by atoms with Gasteiger partial charge in [-0.1, -0.05) is 25.1 Å². The molecule has 0 fully saturated rings. The number of ether oxygens (including phenoxy) is 1. The Labute approximate surface area is 124 Å². The fourth-order valence-corrected chi connectivity index (χ4v) is 2.26. The van der Waals surface area contributed by atoms with Crippen molar-refractivity contribution in [3.8, 4) is 11.5 Å². The summed E-state index contributed by atoms with van der Waals surface area (Å²) in [5.41, 5.74) is 8.07. The van der Waals surface area contributed by atoms with E-state index in [2.05, 4.69) is 11.9 Å². The fraction of sp³-hybridized carbons (Fsp3) is 0.167. The second-order valence-electron chi connectivity index (χ2n) is 5.04. The van der Waals surface area contributed by atoms with Gasteiger partial charge in [0, 0.05) is 23.7 Å². The maximum atomic E-state index is 6.01. The zero-order valence-electron chi connectivity index (χ0n) is 12.0. The predicted octanol–water partition coefficient (Wildman–Crippen LogP) is 4.44. The minimum absolute atomic E-state index is 0.0870. The molecule has 0 aliphatic heterocycles. The number of aromatic nitrogens is 1. The maximum absolute atomic E-state index is 6.01. The zero-order chi connectivity index (χ0) is 14.7. The van der Waals surface area contributed by atoms with Crippen LogP contribution in [0.25, 0.3) is 10.9 Å². The first kappa shape index (κ1) is 13.6. The molecular weight excluding hydrogens is 260 g/mol. The molecule has 3 aromatic rings. The van der Waals surface area contributed by atoms with Gasteiger partial charge in [-0.2, -0.15) is 0 Å². The van der Waals surface area contributed by atoms with Crippen LogP contribution in [0.2, 0.25) is 0 Å². The molecule has 2 aromatic carbocycles. The Morgan fingerprint density at radius 3 is 2.57 bits per heavy atom. The first-order valence-electron chi connectivity index (χ1n) is 7.14. The van der Waals surface area contributed by atoms with Gasteiger partial charge in [0.25, 0.3) is 0 Å². The van der Waals surface area contributed by atoms with Gasteiger partial charge in [0.05, 0.1) is 5.52 Å². The Morgan fingerprint density at radius 1 is 1.05 bits per heavy atom. The number of benzene rings is 2. The average Bonchev–Trinajstić information content (AvgIpc) is 2.55. The molecule has 1 aromatic heterocycles. The van der Waals surface area contributed by atoms with Crippen LogP contribution in [-0.2, 0) is 0 Å². The van der Waals surface area contributed by atoms with Crippen LogP contribution < -0.4 is 10.5 Å². The molecule has 0 aliphatic rings. The third-order valence-corrected chi connectivity index (χ3v) is 3.56. The van der Waals surface area contributed by atoms with Crippen LogP contribution in [0.15, 0.2) is 60.8 Å². The highest BCUT2D eigenvalue weighted by Crippen LogP contribution is 2.26. The number of hydrogen-bond acceptors (Lipinski definition) is 3. The molecule has 0 saturated heterocycles. The van der Waals surface area contributed by atoms with Crippen LogP contribution >= 0.6 is 0 Å². The molecule has 0 amide bonds. The van der Waals surface area contributed by atoms with Crippen molar-refractivity contribution in [3.63, 3.8) is 0 Å². The molecule has 0 aliphatic carbocycles. The molecule has 0 saturated carbocycles. The normalized spacial score (nSPS) is 12.3. The Hall–Kier alpha value is -2.39. The zero-order valence-corrected chi connectivity index (χ0v) is 12.0. The van der Waals surface area contributed by atoms with Crippen LogP contribution in [0.5, 0.6) is 11.5 Å². The number of nitrogens with zero attached hydrogens (tertiary/aromatic N) is 1. The molecule has 0 spiro atoms. The number of nitrogens with two attached hydrogens (primary N) is 1. The highest BCUT2D eigenvalue weighted by molar-refractivity contribution is 5.79. The number of fused-ring (bicyclic) bond motifs is 1. The van der Waals surface area contributed by atoms with Crippen LogP contribution in [0.4, 0.5) is 0 Å². The van der Waals surface area contributed by atoms with Gasteiger partial charge < -0.3 is 10.5 Å². The van der Waals surface area contributed by atoms with Crippen molar-refractivity contribution in [2.45, 2.75) is 19.4 Å². The van der Waals surface area contributed by atoms with Gasteiger partial charge in [0.2, 0.25) is 0 Å². The van der Waals surface area contributed by atoms with Crippen LogP contribution in [0.1, 0.15) is 24.9 Å². The molecular formula is C18H18N2O. The largest absolute Gasteiger partial charge is 0.457 e. The molecule has 106 valence electrons. The highest BCUT2D eigenvalue weighted by atomic mass is 16.5. The van der Waals surface area contributed by atoms with Crippen molar-refractivity contribution >= 4 is 10.9 Å². The summed E-state index contributed by atoms with van der Waals surface area (Å²) in [7, 11) is 0. The lowest BCUT2D eigenvalue weighted by Gasteiger charge is -2.11. The standard InChI is InChI=1S/C18H18N2O/c1-2-17(19)13-5-8-15(9-6-13)21-16-10-7-14-4-3-11-20-18(14)12-16/h3-12,17H,2,19H2,1H3/t17-/m0/s1. The van der Waals surface area contributed by atoms with Crippen molar-refractivity contribution in [1.82, 2.24) is 4.98 Å². The first-order valence-corrected chi connectivity index (χ1v) is 7.14. The molecule has 3 nitrogen and oxygen atoms in total. The summed E-state index contributed by atoms with van der Waals surface area (Å²) in [4.78, 5) is 4.34. The lowest BCUT2D eigenvalue weighted by atomic mass is 10.1. The summed E-state index contributed by atoms with van der Waals surface area (Å²) in [6, 6.07) is 17.9. The van der Waals surface area contributed by atoms with Crippen molar-refractivity contribution in [3.05, 3.63) is 66.4 Å². The summed E-state index contributed by atoms with van der Waals surface area (Å²) in [6.45, 7) is 2.08. The van der Waals surface area contributed by atoms with Gasteiger partial charge in [-0.05, 0) is 42.3 Å². The lowest BCUT2D eigenvalue weighted by Crippen LogP contribution is -2.07. The first-order chi connectivity index (χ1) is 10.3. The van der Waals surface area contributed by atoms with E-state index in [-0.39, 0.29) is 6.04 Å². The summed E-state index contributed by atoms with van der Waals surface area (Å²) in [6.07, 6.45) is 2.71. The Bertz CT molecular complexity index is 738. The van der Waals surface area contributed by atoms with E-state index in [4.69, 9.17) is 10.5 Å². The molecule has 2 N–H and O–H groups in total. The second kappa shape index (κ2) is 5.94. The Kier molecular flexibility index (Phi) is 3.84. The van der Waals surface area contributed by atoms with Gasteiger partial charge in [-0.15, -0.1) is 0 Å². The van der Waals surface area contributed by atoms with E-state index in [1.807, 2.05) is 54.6 Å². The molecule has 21 heavy (non-hydrogen) atoms. The summed E-state index contributed by atoms with van der Waals surface area (Å²) < 4.78 is 5.87. The lowest BCUT2D eigenvalue weighted by molar-refractivity contribution is 0.483. The third kappa shape index (κ3) is 3.03.